The summed E-state index contributed by atoms with van der Waals surface area (Å²) in [6.07, 6.45) is 0.830. The number of carbonyl (C=O) groups excluding carboxylic acids is 1. The van der Waals surface area contributed by atoms with E-state index in [1.54, 1.807) is 6.92 Å². The molecule has 0 rings (SSSR count). The van der Waals surface area contributed by atoms with Crippen molar-refractivity contribution in [2.24, 2.45) is 0 Å². The zero-order valence-corrected chi connectivity index (χ0v) is 6.04. The van der Waals surface area contributed by atoms with Gasteiger partial charge >= 0.3 is 0 Å². The maximum absolute atomic E-state index is 10.5. The van der Waals surface area contributed by atoms with E-state index in [0.29, 0.717) is 6.42 Å². The van der Waals surface area contributed by atoms with E-state index in [9.17, 15) is 4.79 Å². The molecule has 0 aliphatic carbocycles. The fraction of sp³-hybridized carbons (Fsp3) is 0.571. The molecule has 0 saturated heterocycles. The van der Waals surface area contributed by atoms with E-state index >= 15 is 0 Å². The Balaban J connectivity index is 3.34. The van der Waals surface area contributed by atoms with Crippen LogP contribution in [0.5, 0.6) is 0 Å². The highest BCUT2D eigenvalue weighted by atomic mass is 16.6. The number of ketones is 1. The molecule has 0 spiro atoms. The molecular formula is C7H12O3. The van der Waals surface area contributed by atoms with Gasteiger partial charge in [-0.3, -0.25) is 4.79 Å². The molecule has 0 aliphatic heterocycles. The predicted molar refractivity (Wildman–Crippen MR) is 37.5 cm³/mol. The van der Waals surface area contributed by atoms with Crippen molar-refractivity contribution < 1.29 is 14.6 Å². The van der Waals surface area contributed by atoms with Crippen molar-refractivity contribution in [3.05, 3.63) is 12.7 Å². The Labute approximate surface area is 60.3 Å². The van der Waals surface area contributed by atoms with E-state index in [1.807, 2.05) is 0 Å². The summed E-state index contributed by atoms with van der Waals surface area (Å²) in [7, 11) is 0. The van der Waals surface area contributed by atoms with Gasteiger partial charge in [0.15, 0.2) is 12.1 Å². The van der Waals surface area contributed by atoms with Gasteiger partial charge in [-0.15, -0.1) is 0 Å². The molecule has 0 bridgehead atoms. The summed E-state index contributed by atoms with van der Waals surface area (Å²) in [5.41, 5.74) is 0. The lowest BCUT2D eigenvalue weighted by Crippen LogP contribution is -2.15. The first-order valence-electron chi connectivity index (χ1n) is 3.15. The summed E-state index contributed by atoms with van der Waals surface area (Å²) < 4.78 is 4.68. The monoisotopic (exact) mass is 144 g/mol. The van der Waals surface area contributed by atoms with Gasteiger partial charge in [-0.1, -0.05) is 13.5 Å². The lowest BCUT2D eigenvalue weighted by atomic mass is 10.4. The second-order valence-electron chi connectivity index (χ2n) is 1.84. The molecule has 0 aromatic rings. The Kier molecular flexibility index (Phi) is 4.80. The SMILES string of the molecule is C=CC(=O)COC(O)CC. The van der Waals surface area contributed by atoms with Crippen molar-refractivity contribution in [2.45, 2.75) is 19.6 Å². The quantitative estimate of drug-likeness (QED) is 0.451. The minimum Gasteiger partial charge on any atom is -0.368 e. The third-order valence-electron chi connectivity index (χ3n) is 0.995. The highest BCUT2D eigenvalue weighted by molar-refractivity contribution is 5.90. The molecule has 58 valence electrons. The molecule has 0 amide bonds. The molecule has 0 fully saturated rings. The van der Waals surface area contributed by atoms with Gasteiger partial charge in [-0.05, 0) is 12.5 Å². The van der Waals surface area contributed by atoms with E-state index in [1.165, 1.54) is 6.08 Å². The van der Waals surface area contributed by atoms with Crippen LogP contribution in [0.25, 0.3) is 0 Å². The summed E-state index contributed by atoms with van der Waals surface area (Å²) in [6.45, 7) is 4.94. The molecule has 1 unspecified atom stereocenters. The lowest BCUT2D eigenvalue weighted by molar-refractivity contribution is -0.135. The predicted octanol–water partition coefficient (Wildman–Crippen LogP) is 0.486. The molecule has 0 radical (unpaired) electrons. The maximum atomic E-state index is 10.5. The summed E-state index contributed by atoms with van der Waals surface area (Å²) in [5.74, 6) is -0.215. The molecule has 10 heavy (non-hydrogen) atoms. The van der Waals surface area contributed by atoms with Crippen molar-refractivity contribution in [2.75, 3.05) is 6.61 Å². The molecule has 0 saturated carbocycles. The fourth-order valence-corrected chi connectivity index (χ4v) is 0.355. The van der Waals surface area contributed by atoms with Crippen LogP contribution in [0.2, 0.25) is 0 Å². The van der Waals surface area contributed by atoms with Gasteiger partial charge in [0.25, 0.3) is 0 Å². The summed E-state index contributed by atoms with van der Waals surface area (Å²) in [4.78, 5) is 10.5. The van der Waals surface area contributed by atoms with Gasteiger partial charge in [0, 0.05) is 0 Å². The number of hydrogen-bond donors (Lipinski definition) is 1. The number of carbonyl (C=O) groups is 1. The van der Waals surface area contributed by atoms with Crippen LogP contribution < -0.4 is 0 Å². The van der Waals surface area contributed by atoms with Crippen LogP contribution in [0.3, 0.4) is 0 Å². The third kappa shape index (κ3) is 4.23. The zero-order valence-electron chi connectivity index (χ0n) is 6.04. The smallest absolute Gasteiger partial charge is 0.180 e. The molecule has 3 nitrogen and oxygen atoms in total. The topological polar surface area (TPSA) is 46.5 Å². The summed E-state index contributed by atoms with van der Waals surface area (Å²) in [5, 5.41) is 8.79. The highest BCUT2D eigenvalue weighted by Crippen LogP contribution is 1.91. The van der Waals surface area contributed by atoms with E-state index in [4.69, 9.17) is 5.11 Å². The average Bonchev–Trinajstić information content (AvgIpc) is 1.99. The number of ether oxygens (including phenoxy) is 1. The zero-order chi connectivity index (χ0) is 7.98. The van der Waals surface area contributed by atoms with Gasteiger partial charge in [0.2, 0.25) is 0 Å². The first-order chi connectivity index (χ1) is 4.70. The number of aliphatic hydroxyl groups excluding tert-OH is 1. The summed E-state index contributed by atoms with van der Waals surface area (Å²) in [6, 6.07) is 0. The van der Waals surface area contributed by atoms with Gasteiger partial charge < -0.3 is 9.84 Å². The van der Waals surface area contributed by atoms with Crippen LogP contribution in [0.1, 0.15) is 13.3 Å². The fourth-order valence-electron chi connectivity index (χ4n) is 0.355. The van der Waals surface area contributed by atoms with Crippen LogP contribution in [0.15, 0.2) is 12.7 Å². The normalized spacial score (nSPS) is 12.6. The maximum Gasteiger partial charge on any atom is 0.180 e. The van der Waals surface area contributed by atoms with Gasteiger partial charge in [0.05, 0.1) is 0 Å². The van der Waals surface area contributed by atoms with E-state index in [2.05, 4.69) is 11.3 Å². The van der Waals surface area contributed by atoms with Crippen molar-refractivity contribution in [3.8, 4) is 0 Å². The Morgan fingerprint density at radius 1 is 1.90 bits per heavy atom. The van der Waals surface area contributed by atoms with Crippen molar-refractivity contribution in [3.63, 3.8) is 0 Å². The number of hydrogen-bond acceptors (Lipinski definition) is 3. The van der Waals surface area contributed by atoms with Gasteiger partial charge in [-0.2, -0.15) is 0 Å². The van der Waals surface area contributed by atoms with Gasteiger partial charge in [-0.25, -0.2) is 0 Å². The first-order valence-corrected chi connectivity index (χ1v) is 3.15. The van der Waals surface area contributed by atoms with Crippen molar-refractivity contribution in [1.29, 1.82) is 0 Å². The molecule has 1 atom stereocenters. The van der Waals surface area contributed by atoms with Crippen LogP contribution in [-0.2, 0) is 9.53 Å². The number of aliphatic hydroxyl groups is 1. The second kappa shape index (κ2) is 5.14. The van der Waals surface area contributed by atoms with Crippen molar-refractivity contribution in [1.82, 2.24) is 0 Å². The Morgan fingerprint density at radius 3 is 2.90 bits per heavy atom. The standard InChI is InChI=1S/C7H12O3/c1-3-6(8)5-10-7(9)4-2/h3,7,9H,1,4-5H2,2H3. The molecular weight excluding hydrogens is 132 g/mol. The lowest BCUT2D eigenvalue weighted by Gasteiger charge is -2.06. The Bertz CT molecular complexity index is 120. The van der Waals surface area contributed by atoms with Crippen LogP contribution in [0, 0.1) is 0 Å². The minimum atomic E-state index is -0.830. The molecule has 3 heteroatoms. The average molecular weight is 144 g/mol. The van der Waals surface area contributed by atoms with E-state index < -0.39 is 6.29 Å². The molecule has 0 aromatic carbocycles. The molecule has 0 heterocycles. The molecule has 0 aromatic heterocycles. The largest absolute Gasteiger partial charge is 0.368 e. The van der Waals surface area contributed by atoms with Gasteiger partial charge in [0.1, 0.15) is 6.61 Å². The van der Waals surface area contributed by atoms with Crippen LogP contribution >= 0.6 is 0 Å². The van der Waals surface area contributed by atoms with E-state index in [0.717, 1.165) is 0 Å². The Hall–Kier alpha value is -0.670. The highest BCUT2D eigenvalue weighted by Gasteiger charge is 2.01. The molecule has 1 N–H and O–H groups in total. The van der Waals surface area contributed by atoms with Crippen molar-refractivity contribution >= 4 is 5.78 Å². The second-order valence-corrected chi connectivity index (χ2v) is 1.84. The van der Waals surface area contributed by atoms with Crippen LogP contribution in [-0.4, -0.2) is 23.8 Å². The Morgan fingerprint density at radius 2 is 2.50 bits per heavy atom. The summed E-state index contributed by atoms with van der Waals surface area (Å²) >= 11 is 0. The number of rotatable bonds is 5. The van der Waals surface area contributed by atoms with Crippen LogP contribution in [0.4, 0.5) is 0 Å². The molecule has 0 aliphatic rings. The van der Waals surface area contributed by atoms with E-state index in [-0.39, 0.29) is 12.4 Å². The first kappa shape index (κ1) is 9.33. The third-order valence-corrected chi connectivity index (χ3v) is 0.995. The minimum absolute atomic E-state index is 0.0848.